The number of nitrogens with one attached hydrogen (secondary N) is 1. The van der Waals surface area contributed by atoms with Crippen molar-refractivity contribution in [1.29, 1.82) is 0 Å². The molecule has 36 heavy (non-hydrogen) atoms. The van der Waals surface area contributed by atoms with Gasteiger partial charge in [0.15, 0.2) is 6.10 Å². The SMILES string of the molecule is CC[C@H]1OC(=O)[C@@H](OC)C[C@H]2C=C[C@H]3[C@H]4OC2(/C(C)=C\[C@H]1C)[C@@H]3[C@H](O)[C@@H](C)[C@H]4OC(=O)c1ccc[nH]1. The number of aromatic nitrogens is 1. The Hall–Kier alpha value is -2.42. The molecule has 0 aromatic carbocycles. The lowest BCUT2D eigenvalue weighted by Gasteiger charge is -2.48. The first kappa shape index (κ1) is 25.2. The van der Waals surface area contributed by atoms with Crippen molar-refractivity contribution in [3.63, 3.8) is 0 Å². The maximum absolute atomic E-state index is 13.0. The standard InChI is InChI=1S/C28H37NO7/c1-6-20-14(2)12-15(3)28-17(13-21(33-5)27(32)34-20)9-10-18-22(28)23(30)16(4)24(25(18)36-28)35-26(31)19-8-7-11-29-19/h7-12,14,16-18,20-25,29-30H,6,13H2,1-5H3/b15-12-/t14-,16-,17-,18-,20-,21+,22+,23-,24-,25-,28?/m1/s1. The Balaban J connectivity index is 1.57. The summed E-state index contributed by atoms with van der Waals surface area (Å²) in [7, 11) is 1.52. The first-order valence-corrected chi connectivity index (χ1v) is 13.0. The molecule has 2 aliphatic heterocycles. The van der Waals surface area contributed by atoms with Crippen LogP contribution in [0.25, 0.3) is 0 Å². The minimum Gasteiger partial charge on any atom is -0.460 e. The lowest BCUT2D eigenvalue weighted by Crippen LogP contribution is -2.57. The Morgan fingerprint density at radius 3 is 2.75 bits per heavy atom. The molecule has 1 unspecified atom stereocenters. The minimum absolute atomic E-state index is 0.0472. The second-order valence-electron chi connectivity index (χ2n) is 10.8. The number of rotatable bonds is 4. The van der Waals surface area contributed by atoms with E-state index < -0.39 is 36.0 Å². The molecule has 4 aliphatic rings. The number of hydrogen-bond acceptors (Lipinski definition) is 7. The van der Waals surface area contributed by atoms with Crippen LogP contribution in [0.15, 0.2) is 42.1 Å². The Morgan fingerprint density at radius 2 is 2.08 bits per heavy atom. The highest BCUT2D eigenvalue weighted by Crippen LogP contribution is 2.61. The second kappa shape index (κ2) is 9.47. The van der Waals surface area contributed by atoms with Gasteiger partial charge in [0.05, 0.1) is 6.10 Å². The van der Waals surface area contributed by atoms with Crippen LogP contribution in [0.4, 0.5) is 0 Å². The molecule has 8 heteroatoms. The Bertz CT molecular complexity index is 1050. The topological polar surface area (TPSA) is 107 Å². The van der Waals surface area contributed by atoms with Gasteiger partial charge in [-0.1, -0.05) is 39.0 Å². The van der Waals surface area contributed by atoms with Gasteiger partial charge in [-0.25, -0.2) is 9.59 Å². The van der Waals surface area contributed by atoms with E-state index in [1.807, 2.05) is 20.8 Å². The van der Waals surface area contributed by atoms with Crippen molar-refractivity contribution in [2.24, 2.45) is 29.6 Å². The summed E-state index contributed by atoms with van der Waals surface area (Å²) in [4.78, 5) is 28.8. The normalized spacial score (nSPS) is 45.3. The third kappa shape index (κ3) is 3.76. The first-order chi connectivity index (χ1) is 17.2. The molecule has 1 saturated carbocycles. The molecule has 196 valence electrons. The Labute approximate surface area is 212 Å². The molecule has 1 aromatic rings. The van der Waals surface area contributed by atoms with Crippen LogP contribution in [0.5, 0.6) is 0 Å². The van der Waals surface area contributed by atoms with Crippen molar-refractivity contribution in [3.8, 4) is 0 Å². The molecular weight excluding hydrogens is 462 g/mol. The summed E-state index contributed by atoms with van der Waals surface area (Å²) < 4.78 is 24.4. The predicted molar refractivity (Wildman–Crippen MR) is 131 cm³/mol. The van der Waals surface area contributed by atoms with Gasteiger partial charge in [-0.05, 0) is 37.5 Å². The molecular formula is C28H37NO7. The zero-order chi connectivity index (χ0) is 25.8. The zero-order valence-corrected chi connectivity index (χ0v) is 21.5. The van der Waals surface area contributed by atoms with Gasteiger partial charge in [0.2, 0.25) is 0 Å². The number of cyclic esters (lactones) is 1. The van der Waals surface area contributed by atoms with Crippen LogP contribution in [0.2, 0.25) is 0 Å². The highest BCUT2D eigenvalue weighted by Gasteiger charge is 2.69. The molecule has 1 aromatic heterocycles. The van der Waals surface area contributed by atoms with Gasteiger partial charge in [-0.3, -0.25) is 0 Å². The predicted octanol–water partition coefficient (Wildman–Crippen LogP) is 3.43. The average Bonchev–Trinajstić information content (AvgIpc) is 3.46. The van der Waals surface area contributed by atoms with E-state index in [0.29, 0.717) is 18.5 Å². The number of esters is 2. The summed E-state index contributed by atoms with van der Waals surface area (Å²) >= 11 is 0. The quantitative estimate of drug-likeness (QED) is 0.483. The number of hydrogen-bond donors (Lipinski definition) is 2. The summed E-state index contributed by atoms with van der Waals surface area (Å²) in [6.45, 7) is 8.01. The van der Waals surface area contributed by atoms with Gasteiger partial charge in [-0.2, -0.15) is 0 Å². The van der Waals surface area contributed by atoms with Gasteiger partial charge in [0.25, 0.3) is 0 Å². The maximum atomic E-state index is 13.0. The Morgan fingerprint density at radius 1 is 1.31 bits per heavy atom. The van der Waals surface area contributed by atoms with Crippen LogP contribution < -0.4 is 0 Å². The third-order valence-corrected chi connectivity index (χ3v) is 8.95. The summed E-state index contributed by atoms with van der Waals surface area (Å²) in [5.41, 5.74) is 0.532. The summed E-state index contributed by atoms with van der Waals surface area (Å²) in [6.07, 6.45) is 6.19. The van der Waals surface area contributed by atoms with E-state index in [4.69, 9.17) is 18.9 Å². The molecule has 8 nitrogen and oxygen atoms in total. The third-order valence-electron chi connectivity index (χ3n) is 8.95. The number of carbonyl (C=O) groups excluding carboxylic acids is 2. The zero-order valence-electron chi connectivity index (χ0n) is 21.5. The fraction of sp³-hybridized carbons (Fsp3) is 0.643. The van der Waals surface area contributed by atoms with Crippen molar-refractivity contribution in [3.05, 3.63) is 47.8 Å². The molecule has 1 saturated heterocycles. The van der Waals surface area contributed by atoms with E-state index in [1.54, 1.807) is 18.3 Å². The van der Waals surface area contributed by atoms with Gasteiger partial charge in [-0.15, -0.1) is 0 Å². The molecule has 1 spiro atoms. The molecule has 11 atom stereocenters. The molecule has 5 rings (SSSR count). The molecule has 4 bridgehead atoms. The van der Waals surface area contributed by atoms with Crippen LogP contribution in [0, 0.1) is 29.6 Å². The molecule has 2 aliphatic carbocycles. The lowest BCUT2D eigenvalue weighted by atomic mass is 9.57. The largest absolute Gasteiger partial charge is 0.460 e. The van der Waals surface area contributed by atoms with E-state index in [-0.39, 0.29) is 41.7 Å². The lowest BCUT2D eigenvalue weighted by molar-refractivity contribution is -0.166. The molecule has 2 N–H and O–H groups in total. The van der Waals surface area contributed by atoms with Gasteiger partial charge in [0.1, 0.15) is 29.6 Å². The smallest absolute Gasteiger partial charge is 0.355 e. The molecule has 0 amide bonds. The average molecular weight is 500 g/mol. The number of aromatic amines is 1. The van der Waals surface area contributed by atoms with E-state index in [9.17, 15) is 14.7 Å². The number of aliphatic hydroxyl groups is 1. The van der Waals surface area contributed by atoms with Crippen molar-refractivity contribution in [2.75, 3.05) is 7.11 Å². The van der Waals surface area contributed by atoms with Gasteiger partial charge < -0.3 is 29.0 Å². The van der Waals surface area contributed by atoms with Crippen LogP contribution in [-0.2, 0) is 23.7 Å². The number of methoxy groups -OCH3 is 1. The van der Waals surface area contributed by atoms with Crippen molar-refractivity contribution in [1.82, 2.24) is 4.98 Å². The summed E-state index contributed by atoms with van der Waals surface area (Å²) in [5, 5.41) is 11.7. The van der Waals surface area contributed by atoms with Gasteiger partial charge >= 0.3 is 11.9 Å². The summed E-state index contributed by atoms with van der Waals surface area (Å²) in [6, 6.07) is 3.41. The molecule has 0 radical (unpaired) electrons. The molecule has 3 heterocycles. The van der Waals surface area contributed by atoms with Crippen molar-refractivity contribution < 1.29 is 33.6 Å². The molecule has 2 fully saturated rings. The highest BCUT2D eigenvalue weighted by atomic mass is 16.6. The number of ether oxygens (including phenoxy) is 4. The van der Waals surface area contributed by atoms with Gasteiger partial charge in [0, 0.05) is 42.9 Å². The highest BCUT2D eigenvalue weighted by molar-refractivity contribution is 5.87. The maximum Gasteiger partial charge on any atom is 0.355 e. The van der Waals surface area contributed by atoms with Crippen LogP contribution in [-0.4, -0.2) is 65.3 Å². The number of carbonyl (C=O) groups is 2. The van der Waals surface area contributed by atoms with Crippen LogP contribution in [0.1, 0.15) is 51.0 Å². The van der Waals surface area contributed by atoms with Crippen molar-refractivity contribution >= 4 is 11.9 Å². The monoisotopic (exact) mass is 499 g/mol. The Kier molecular flexibility index (Phi) is 6.64. The van der Waals surface area contributed by atoms with Crippen LogP contribution >= 0.6 is 0 Å². The van der Waals surface area contributed by atoms with Crippen LogP contribution in [0.3, 0.4) is 0 Å². The van der Waals surface area contributed by atoms with E-state index >= 15 is 0 Å². The summed E-state index contributed by atoms with van der Waals surface area (Å²) in [5.74, 6) is -1.78. The fourth-order valence-electron chi connectivity index (χ4n) is 7.09. The minimum atomic E-state index is -0.841. The number of aliphatic hydroxyl groups excluding tert-OH is 1. The fourth-order valence-corrected chi connectivity index (χ4v) is 7.09. The number of H-pyrrole nitrogens is 1. The first-order valence-electron chi connectivity index (χ1n) is 13.0. The van der Waals surface area contributed by atoms with E-state index in [1.165, 1.54) is 7.11 Å². The van der Waals surface area contributed by atoms with E-state index in [2.05, 4.69) is 30.1 Å². The van der Waals surface area contributed by atoms with Crippen molar-refractivity contribution in [2.45, 2.75) is 76.7 Å². The van der Waals surface area contributed by atoms with E-state index in [0.717, 1.165) is 5.57 Å². The second-order valence-corrected chi connectivity index (χ2v) is 10.8.